The van der Waals surface area contributed by atoms with Crippen molar-refractivity contribution >= 4 is 40.5 Å². The van der Waals surface area contributed by atoms with Crippen LogP contribution in [-0.2, 0) is 0 Å². The van der Waals surface area contributed by atoms with E-state index in [1.54, 1.807) is 23.5 Å². The third kappa shape index (κ3) is 3.55. The van der Waals surface area contributed by atoms with Gasteiger partial charge in [0.25, 0.3) is 5.76 Å². The van der Waals surface area contributed by atoms with Crippen LogP contribution in [0.4, 0.5) is 14.5 Å². The molecule has 0 bridgehead atoms. The first kappa shape index (κ1) is 15.2. The van der Waals surface area contributed by atoms with E-state index in [0.29, 0.717) is 21.9 Å². The third-order valence-electron chi connectivity index (χ3n) is 3.34. The molecule has 0 radical (unpaired) electrons. The minimum absolute atomic E-state index is 0.196. The number of thiophene rings is 1. The maximum Gasteiger partial charge on any atom is 0.288 e. The maximum absolute atomic E-state index is 12.7. The number of rotatable bonds is 4. The lowest BCUT2D eigenvalue weighted by Gasteiger charge is -2.29. The third-order valence-corrected chi connectivity index (χ3v) is 6.47. The fourth-order valence-corrected chi connectivity index (χ4v) is 5.63. The summed E-state index contributed by atoms with van der Waals surface area (Å²) >= 11 is 4.26. The molecule has 0 saturated heterocycles. The van der Waals surface area contributed by atoms with E-state index in [1.165, 1.54) is 9.77 Å². The number of hydrogen-bond donors (Lipinski definition) is 1. The molecule has 0 saturated carbocycles. The van der Waals surface area contributed by atoms with E-state index in [0.717, 1.165) is 12.1 Å². The molecule has 112 valence electrons. The summed E-state index contributed by atoms with van der Waals surface area (Å²) in [5.41, 5.74) is 2.09. The number of nitrogens with one attached hydrogen (secondary N) is 1. The minimum atomic E-state index is -2.40. The lowest BCUT2D eigenvalue weighted by Crippen LogP contribution is -2.19. The van der Waals surface area contributed by atoms with Crippen LogP contribution in [0.5, 0.6) is 0 Å². The summed E-state index contributed by atoms with van der Waals surface area (Å²) < 4.78 is 26.7. The molecule has 0 fully saturated rings. The number of para-hydroxylation sites is 1. The van der Waals surface area contributed by atoms with Gasteiger partial charge in [-0.3, -0.25) is 0 Å². The van der Waals surface area contributed by atoms with Crippen LogP contribution in [0, 0.1) is 0 Å². The molecule has 1 aromatic carbocycles. The van der Waals surface area contributed by atoms with Crippen molar-refractivity contribution in [3.05, 3.63) is 41.3 Å². The Morgan fingerprint density at radius 3 is 2.90 bits per heavy atom. The molecule has 2 atom stereocenters. The smallest absolute Gasteiger partial charge is 0.288 e. The van der Waals surface area contributed by atoms with Gasteiger partial charge in [0, 0.05) is 15.8 Å². The zero-order valence-electron chi connectivity index (χ0n) is 11.4. The van der Waals surface area contributed by atoms with Crippen LogP contribution in [0.15, 0.2) is 44.8 Å². The van der Waals surface area contributed by atoms with Gasteiger partial charge in [-0.1, -0.05) is 30.8 Å². The predicted molar refractivity (Wildman–Crippen MR) is 88.9 cm³/mol. The van der Waals surface area contributed by atoms with Crippen molar-refractivity contribution in [3.8, 4) is 0 Å². The van der Waals surface area contributed by atoms with E-state index in [2.05, 4.69) is 23.7 Å². The molecule has 1 aromatic heterocycles. The van der Waals surface area contributed by atoms with Gasteiger partial charge in [0.15, 0.2) is 0 Å². The summed E-state index contributed by atoms with van der Waals surface area (Å²) in [5, 5.41) is 6.10. The number of fused-ring (bicyclic) bond motifs is 1. The number of halogens is 2. The van der Waals surface area contributed by atoms with Crippen LogP contribution in [0.25, 0.3) is 0 Å². The zero-order chi connectivity index (χ0) is 14.8. The second-order valence-corrected chi connectivity index (χ2v) is 8.55. The Balaban J connectivity index is 1.85. The van der Waals surface area contributed by atoms with Gasteiger partial charge in [-0.05, 0) is 35.6 Å². The lowest BCUT2D eigenvalue weighted by atomic mass is 10.0. The van der Waals surface area contributed by atoms with Gasteiger partial charge in [0.05, 0.1) is 10.3 Å². The second kappa shape index (κ2) is 6.58. The van der Waals surface area contributed by atoms with E-state index >= 15 is 0 Å². The summed E-state index contributed by atoms with van der Waals surface area (Å²) in [6.45, 7) is 2.21. The highest BCUT2D eigenvalue weighted by atomic mass is 32.2. The van der Waals surface area contributed by atoms with E-state index in [4.69, 9.17) is 0 Å². The number of thioether (sulfide) groups is 2. The topological polar surface area (TPSA) is 12.0 Å². The van der Waals surface area contributed by atoms with Gasteiger partial charge in [-0.25, -0.2) is 0 Å². The molecule has 1 aliphatic heterocycles. The van der Waals surface area contributed by atoms with Gasteiger partial charge < -0.3 is 5.32 Å². The number of alkyl halides is 2. The number of hydrogen-bond acceptors (Lipinski definition) is 4. The molecule has 1 nitrogen and oxygen atoms in total. The lowest BCUT2D eigenvalue weighted by molar-refractivity contribution is 0.252. The first-order valence-corrected chi connectivity index (χ1v) is 9.32. The molecule has 1 N–H and O–H groups in total. The molecule has 1 aliphatic rings. The van der Waals surface area contributed by atoms with Gasteiger partial charge in [-0.15, -0.1) is 23.1 Å². The highest BCUT2D eigenvalue weighted by molar-refractivity contribution is 8.01. The monoisotopic (exact) mass is 343 g/mol. The van der Waals surface area contributed by atoms with Gasteiger partial charge in [0.2, 0.25) is 0 Å². The highest BCUT2D eigenvalue weighted by Crippen LogP contribution is 2.45. The van der Waals surface area contributed by atoms with Crippen LogP contribution < -0.4 is 5.32 Å². The maximum atomic E-state index is 12.7. The standard InChI is InChI=1S/C15H15F2NS3/c1-9-8-12(10-6-7-19-14(10)20-9)18-11-4-2-3-5-13(11)21-15(16)17/h2-7,9,12,15,18H,8H2,1H3/t9-,12?/m0/s1. The SMILES string of the molecule is C[C@H]1CC(Nc2ccccc2SC(F)F)c2ccsc2S1. The Morgan fingerprint density at radius 1 is 1.29 bits per heavy atom. The summed E-state index contributed by atoms with van der Waals surface area (Å²) in [5.74, 6) is -2.40. The largest absolute Gasteiger partial charge is 0.377 e. The summed E-state index contributed by atoms with van der Waals surface area (Å²) in [6, 6.07) is 9.64. The number of benzene rings is 1. The summed E-state index contributed by atoms with van der Waals surface area (Å²) in [4.78, 5) is 0.607. The molecule has 3 rings (SSSR count). The zero-order valence-corrected chi connectivity index (χ0v) is 13.8. The minimum Gasteiger partial charge on any atom is -0.377 e. The Bertz CT molecular complexity index is 614. The molecular weight excluding hydrogens is 328 g/mol. The summed E-state index contributed by atoms with van der Waals surface area (Å²) in [7, 11) is 0. The molecule has 0 spiro atoms. The van der Waals surface area contributed by atoms with Gasteiger partial charge in [-0.2, -0.15) is 8.78 Å². The van der Waals surface area contributed by atoms with Crippen LogP contribution in [-0.4, -0.2) is 11.0 Å². The molecule has 2 heterocycles. The average Bonchev–Trinajstić information content (AvgIpc) is 2.88. The molecule has 0 aliphatic carbocycles. The van der Waals surface area contributed by atoms with Crippen molar-refractivity contribution in [2.24, 2.45) is 0 Å². The van der Waals surface area contributed by atoms with Crippen LogP contribution in [0.3, 0.4) is 0 Å². The Labute approximate surface area is 135 Å². The van der Waals surface area contributed by atoms with E-state index in [1.807, 2.05) is 23.9 Å². The predicted octanol–water partition coefficient (Wildman–Crippen LogP) is 6.10. The molecular formula is C15H15F2NS3. The fourth-order valence-electron chi connectivity index (χ4n) is 2.46. The van der Waals surface area contributed by atoms with Gasteiger partial charge >= 0.3 is 0 Å². The van der Waals surface area contributed by atoms with Crippen LogP contribution in [0.2, 0.25) is 0 Å². The van der Waals surface area contributed by atoms with Crippen molar-refractivity contribution in [3.63, 3.8) is 0 Å². The van der Waals surface area contributed by atoms with E-state index < -0.39 is 5.76 Å². The van der Waals surface area contributed by atoms with Crippen molar-refractivity contribution < 1.29 is 8.78 Å². The van der Waals surface area contributed by atoms with E-state index in [9.17, 15) is 8.78 Å². The van der Waals surface area contributed by atoms with Gasteiger partial charge in [0.1, 0.15) is 0 Å². The molecule has 2 aromatic rings. The summed E-state index contributed by atoms with van der Waals surface area (Å²) in [6.07, 6.45) is 1.00. The molecule has 6 heteroatoms. The van der Waals surface area contributed by atoms with E-state index in [-0.39, 0.29) is 6.04 Å². The van der Waals surface area contributed by atoms with Crippen LogP contribution in [0.1, 0.15) is 24.9 Å². The average molecular weight is 343 g/mol. The molecule has 0 amide bonds. The van der Waals surface area contributed by atoms with Crippen LogP contribution >= 0.6 is 34.9 Å². The highest BCUT2D eigenvalue weighted by Gasteiger charge is 2.26. The van der Waals surface area contributed by atoms with Crippen molar-refractivity contribution in [2.45, 2.75) is 39.5 Å². The molecule has 21 heavy (non-hydrogen) atoms. The Hall–Kier alpha value is -0.720. The fraction of sp³-hybridized carbons (Fsp3) is 0.333. The normalized spacial score (nSPS) is 21.3. The molecule has 1 unspecified atom stereocenters. The quantitative estimate of drug-likeness (QED) is 0.674. The second-order valence-electron chi connectivity index (χ2n) is 4.90. The van der Waals surface area contributed by atoms with Crippen molar-refractivity contribution in [1.29, 1.82) is 0 Å². The van der Waals surface area contributed by atoms with Crippen molar-refractivity contribution in [1.82, 2.24) is 0 Å². The Kier molecular flexibility index (Phi) is 4.76. The number of anilines is 1. The first-order chi connectivity index (χ1) is 10.1. The first-order valence-electron chi connectivity index (χ1n) is 6.68. The Morgan fingerprint density at radius 2 is 2.10 bits per heavy atom. The van der Waals surface area contributed by atoms with Crippen molar-refractivity contribution in [2.75, 3.05) is 5.32 Å².